The number of benzene rings is 1. The number of aliphatic hydroxyl groups excluding tert-OH is 1. The Labute approximate surface area is 112 Å². The smallest absolute Gasteiger partial charge is 0.248 e. The van der Waals surface area contributed by atoms with E-state index < -0.39 is 5.92 Å². The van der Waals surface area contributed by atoms with E-state index in [9.17, 15) is 13.9 Å². The van der Waals surface area contributed by atoms with Gasteiger partial charge in [0, 0.05) is 19.4 Å². The van der Waals surface area contributed by atoms with Crippen molar-refractivity contribution in [3.63, 3.8) is 0 Å². The SMILES string of the molecule is OC[C@@H]1CCC(F)(F)C[C@@H]1COCc1ccccc1. The van der Waals surface area contributed by atoms with Gasteiger partial charge in [-0.2, -0.15) is 0 Å². The van der Waals surface area contributed by atoms with Gasteiger partial charge in [-0.15, -0.1) is 0 Å². The molecule has 1 saturated carbocycles. The molecule has 1 aromatic rings. The lowest BCUT2D eigenvalue weighted by molar-refractivity contribution is -0.0939. The van der Waals surface area contributed by atoms with E-state index in [2.05, 4.69) is 0 Å². The van der Waals surface area contributed by atoms with Crippen LogP contribution in [0, 0.1) is 11.8 Å². The third-order valence-corrected chi connectivity index (χ3v) is 3.79. The molecule has 0 saturated heterocycles. The predicted molar refractivity (Wildman–Crippen MR) is 69.0 cm³/mol. The number of alkyl halides is 2. The number of hydrogen-bond acceptors (Lipinski definition) is 2. The van der Waals surface area contributed by atoms with E-state index in [0.29, 0.717) is 13.0 Å². The second-order valence-corrected chi connectivity index (χ2v) is 5.30. The highest BCUT2D eigenvalue weighted by atomic mass is 19.3. The Morgan fingerprint density at radius 2 is 1.95 bits per heavy atom. The summed E-state index contributed by atoms with van der Waals surface area (Å²) in [5, 5.41) is 9.25. The molecule has 4 heteroatoms. The molecule has 2 rings (SSSR count). The molecule has 106 valence electrons. The summed E-state index contributed by atoms with van der Waals surface area (Å²) in [5.41, 5.74) is 1.03. The minimum absolute atomic E-state index is 0.0323. The summed E-state index contributed by atoms with van der Waals surface area (Å²) >= 11 is 0. The van der Waals surface area contributed by atoms with Crippen LogP contribution in [0.25, 0.3) is 0 Å². The van der Waals surface area contributed by atoms with Crippen LogP contribution >= 0.6 is 0 Å². The number of ether oxygens (including phenoxy) is 1. The standard InChI is InChI=1S/C15H20F2O2/c16-15(17)7-6-13(9-18)14(8-15)11-19-10-12-4-2-1-3-5-12/h1-5,13-14,18H,6-11H2/t13-,14+/m0/s1. The van der Waals surface area contributed by atoms with Gasteiger partial charge in [0.25, 0.3) is 0 Å². The predicted octanol–water partition coefficient (Wildman–Crippen LogP) is 3.25. The normalized spacial score (nSPS) is 26.3. The molecule has 1 aromatic carbocycles. The van der Waals surface area contributed by atoms with Crippen molar-refractivity contribution in [2.45, 2.75) is 31.8 Å². The van der Waals surface area contributed by atoms with Crippen LogP contribution in [0.1, 0.15) is 24.8 Å². The molecule has 19 heavy (non-hydrogen) atoms. The van der Waals surface area contributed by atoms with E-state index in [1.807, 2.05) is 30.3 Å². The number of rotatable bonds is 5. The van der Waals surface area contributed by atoms with Gasteiger partial charge in [-0.1, -0.05) is 30.3 Å². The van der Waals surface area contributed by atoms with Crippen molar-refractivity contribution in [2.24, 2.45) is 11.8 Å². The lowest BCUT2D eigenvalue weighted by atomic mass is 9.78. The van der Waals surface area contributed by atoms with Crippen LogP contribution in [0.15, 0.2) is 30.3 Å². The maximum absolute atomic E-state index is 13.4. The minimum Gasteiger partial charge on any atom is -0.396 e. The van der Waals surface area contributed by atoms with E-state index in [1.54, 1.807) is 0 Å². The van der Waals surface area contributed by atoms with Gasteiger partial charge in [0.15, 0.2) is 0 Å². The van der Waals surface area contributed by atoms with Crippen LogP contribution in [0.3, 0.4) is 0 Å². The second-order valence-electron chi connectivity index (χ2n) is 5.30. The van der Waals surface area contributed by atoms with Crippen molar-refractivity contribution < 1.29 is 18.6 Å². The van der Waals surface area contributed by atoms with E-state index in [4.69, 9.17) is 4.74 Å². The lowest BCUT2D eigenvalue weighted by Crippen LogP contribution is -2.36. The largest absolute Gasteiger partial charge is 0.396 e. The van der Waals surface area contributed by atoms with Crippen LogP contribution in [-0.4, -0.2) is 24.2 Å². The molecule has 0 aliphatic heterocycles. The van der Waals surface area contributed by atoms with E-state index >= 15 is 0 Å². The summed E-state index contributed by atoms with van der Waals surface area (Å²) < 4.78 is 32.3. The van der Waals surface area contributed by atoms with Crippen molar-refractivity contribution in [3.8, 4) is 0 Å². The first-order valence-electron chi connectivity index (χ1n) is 6.71. The molecule has 0 unspecified atom stereocenters. The summed E-state index contributed by atoms with van der Waals surface area (Å²) in [6, 6.07) is 9.65. The summed E-state index contributed by atoms with van der Waals surface area (Å²) in [6.45, 7) is 0.687. The molecule has 0 spiro atoms. The average Bonchev–Trinajstić information content (AvgIpc) is 2.39. The van der Waals surface area contributed by atoms with E-state index in [0.717, 1.165) is 5.56 Å². The van der Waals surface area contributed by atoms with E-state index in [1.165, 1.54) is 0 Å². The molecule has 0 radical (unpaired) electrons. The Bertz CT molecular complexity index is 381. The molecular weight excluding hydrogens is 250 g/mol. The third-order valence-electron chi connectivity index (χ3n) is 3.79. The molecule has 0 amide bonds. The van der Waals surface area contributed by atoms with Gasteiger partial charge in [-0.3, -0.25) is 0 Å². The topological polar surface area (TPSA) is 29.5 Å². The third kappa shape index (κ3) is 4.25. The molecule has 2 nitrogen and oxygen atoms in total. The molecule has 2 atom stereocenters. The zero-order valence-electron chi connectivity index (χ0n) is 10.9. The van der Waals surface area contributed by atoms with Crippen molar-refractivity contribution >= 4 is 0 Å². The molecular formula is C15H20F2O2. The Morgan fingerprint density at radius 3 is 2.63 bits per heavy atom. The van der Waals surface area contributed by atoms with Crippen LogP contribution in [-0.2, 0) is 11.3 Å². The fourth-order valence-electron chi connectivity index (χ4n) is 2.62. The number of hydrogen-bond donors (Lipinski definition) is 1. The lowest BCUT2D eigenvalue weighted by Gasteiger charge is -2.34. The highest BCUT2D eigenvalue weighted by Gasteiger charge is 2.41. The molecule has 0 bridgehead atoms. The number of halogens is 2. The molecule has 1 fully saturated rings. The zero-order valence-corrected chi connectivity index (χ0v) is 10.9. The maximum Gasteiger partial charge on any atom is 0.248 e. The second kappa shape index (κ2) is 6.44. The molecule has 0 heterocycles. The quantitative estimate of drug-likeness (QED) is 0.890. The Balaban J connectivity index is 1.82. The van der Waals surface area contributed by atoms with Gasteiger partial charge in [-0.25, -0.2) is 8.78 Å². The number of aliphatic hydroxyl groups is 1. The fourth-order valence-corrected chi connectivity index (χ4v) is 2.62. The van der Waals surface area contributed by atoms with E-state index in [-0.39, 0.29) is 37.9 Å². The van der Waals surface area contributed by atoms with Crippen molar-refractivity contribution in [1.82, 2.24) is 0 Å². The Kier molecular flexibility index (Phi) is 4.88. The van der Waals surface area contributed by atoms with Crippen molar-refractivity contribution in [3.05, 3.63) is 35.9 Å². The summed E-state index contributed by atoms with van der Waals surface area (Å²) in [7, 11) is 0. The molecule has 0 aromatic heterocycles. The molecule has 1 N–H and O–H groups in total. The van der Waals surface area contributed by atoms with Crippen molar-refractivity contribution in [1.29, 1.82) is 0 Å². The van der Waals surface area contributed by atoms with Gasteiger partial charge in [0.2, 0.25) is 5.92 Å². The van der Waals surface area contributed by atoms with Crippen LogP contribution < -0.4 is 0 Å². The zero-order chi connectivity index (χ0) is 13.7. The first kappa shape index (κ1) is 14.4. The fraction of sp³-hybridized carbons (Fsp3) is 0.600. The average molecular weight is 270 g/mol. The highest BCUT2D eigenvalue weighted by molar-refractivity contribution is 5.13. The van der Waals surface area contributed by atoms with Crippen LogP contribution in [0.5, 0.6) is 0 Å². The van der Waals surface area contributed by atoms with Crippen LogP contribution in [0.2, 0.25) is 0 Å². The monoisotopic (exact) mass is 270 g/mol. The summed E-state index contributed by atoms with van der Waals surface area (Å²) in [6.07, 6.45) is 0.0866. The molecule has 1 aliphatic carbocycles. The molecule has 1 aliphatic rings. The minimum atomic E-state index is -2.60. The first-order valence-corrected chi connectivity index (χ1v) is 6.71. The first-order chi connectivity index (χ1) is 9.11. The van der Waals surface area contributed by atoms with Gasteiger partial charge < -0.3 is 9.84 Å². The Hall–Kier alpha value is -1.00. The van der Waals surface area contributed by atoms with Gasteiger partial charge in [0.1, 0.15) is 0 Å². The maximum atomic E-state index is 13.4. The van der Waals surface area contributed by atoms with Gasteiger partial charge in [-0.05, 0) is 23.8 Å². The summed E-state index contributed by atoms with van der Waals surface area (Å²) in [5.74, 6) is -2.92. The van der Waals surface area contributed by atoms with Gasteiger partial charge >= 0.3 is 0 Å². The van der Waals surface area contributed by atoms with Crippen molar-refractivity contribution in [2.75, 3.05) is 13.2 Å². The summed E-state index contributed by atoms with van der Waals surface area (Å²) in [4.78, 5) is 0. The highest BCUT2D eigenvalue weighted by Crippen LogP contribution is 2.40. The van der Waals surface area contributed by atoms with Crippen LogP contribution in [0.4, 0.5) is 8.78 Å². The Morgan fingerprint density at radius 1 is 1.21 bits per heavy atom. The van der Waals surface area contributed by atoms with Gasteiger partial charge in [0.05, 0.1) is 13.2 Å².